The summed E-state index contributed by atoms with van der Waals surface area (Å²) in [5.74, 6) is 0. The predicted molar refractivity (Wildman–Crippen MR) is 90.9 cm³/mol. The standard InChI is InChI=1S/C16H26N2O3Si/c1-11-10-18(15(20)17-14(11)19)12-7-8-13(9-12)21-22(5,6)16(2,3)4/h7-8,10,12-13H,9H2,1-6H3,(H,17,19,20)/t12-,13+/m0/s1. The van der Waals surface area contributed by atoms with Crippen LogP contribution in [0.4, 0.5) is 0 Å². The number of aromatic nitrogens is 2. The van der Waals surface area contributed by atoms with Gasteiger partial charge in [-0.15, -0.1) is 0 Å². The topological polar surface area (TPSA) is 64.1 Å². The summed E-state index contributed by atoms with van der Waals surface area (Å²) in [6.45, 7) is 12.8. The lowest BCUT2D eigenvalue weighted by molar-refractivity contribution is 0.212. The number of allylic oxidation sites excluding steroid dienone is 1. The van der Waals surface area contributed by atoms with Crippen molar-refractivity contribution in [2.24, 2.45) is 0 Å². The third-order valence-corrected chi connectivity index (χ3v) is 9.28. The zero-order valence-corrected chi connectivity index (χ0v) is 15.3. The average Bonchev–Trinajstić information content (AvgIpc) is 2.80. The van der Waals surface area contributed by atoms with Crippen LogP contribution in [0.5, 0.6) is 0 Å². The molecule has 122 valence electrons. The van der Waals surface area contributed by atoms with Crippen molar-refractivity contribution < 1.29 is 4.43 Å². The maximum Gasteiger partial charge on any atom is 0.328 e. The smallest absolute Gasteiger partial charge is 0.328 e. The van der Waals surface area contributed by atoms with E-state index in [2.05, 4.69) is 38.8 Å². The molecule has 0 saturated carbocycles. The largest absolute Gasteiger partial charge is 0.410 e. The van der Waals surface area contributed by atoms with Gasteiger partial charge in [0, 0.05) is 18.2 Å². The summed E-state index contributed by atoms with van der Waals surface area (Å²) in [4.78, 5) is 25.8. The summed E-state index contributed by atoms with van der Waals surface area (Å²) in [6, 6.07) is -0.0576. The zero-order valence-electron chi connectivity index (χ0n) is 14.3. The van der Waals surface area contributed by atoms with E-state index >= 15 is 0 Å². The van der Waals surface area contributed by atoms with E-state index in [1.54, 1.807) is 17.7 Å². The third kappa shape index (κ3) is 3.33. The summed E-state index contributed by atoms with van der Waals surface area (Å²) in [7, 11) is -1.83. The lowest BCUT2D eigenvalue weighted by atomic mass is 10.2. The molecule has 1 aromatic heterocycles. The van der Waals surface area contributed by atoms with Crippen LogP contribution in [0.15, 0.2) is 27.9 Å². The molecular formula is C16H26N2O3Si. The van der Waals surface area contributed by atoms with Crippen LogP contribution in [-0.2, 0) is 4.43 Å². The van der Waals surface area contributed by atoms with Crippen molar-refractivity contribution in [1.82, 2.24) is 9.55 Å². The van der Waals surface area contributed by atoms with Gasteiger partial charge in [0.1, 0.15) is 0 Å². The van der Waals surface area contributed by atoms with E-state index in [0.29, 0.717) is 5.56 Å². The van der Waals surface area contributed by atoms with Gasteiger partial charge < -0.3 is 4.43 Å². The van der Waals surface area contributed by atoms with Crippen LogP contribution < -0.4 is 11.2 Å². The zero-order chi connectivity index (χ0) is 16.7. The van der Waals surface area contributed by atoms with E-state index in [1.807, 2.05) is 12.2 Å². The van der Waals surface area contributed by atoms with Gasteiger partial charge in [0.25, 0.3) is 5.56 Å². The first-order valence-electron chi connectivity index (χ1n) is 7.69. The van der Waals surface area contributed by atoms with Gasteiger partial charge in [-0.1, -0.05) is 32.9 Å². The molecule has 0 spiro atoms. The molecule has 1 aromatic rings. The molecule has 2 rings (SSSR count). The SMILES string of the molecule is Cc1cn([C@H]2C=C[C@@H](O[Si](C)(C)C(C)(C)C)C2)c(=O)[nH]c1=O. The Morgan fingerprint density at radius 2 is 1.91 bits per heavy atom. The van der Waals surface area contributed by atoms with Crippen molar-refractivity contribution >= 4 is 8.32 Å². The fourth-order valence-corrected chi connectivity index (χ4v) is 3.61. The number of rotatable bonds is 3. The number of hydrogen-bond donors (Lipinski definition) is 1. The highest BCUT2D eigenvalue weighted by Crippen LogP contribution is 2.39. The van der Waals surface area contributed by atoms with Crippen molar-refractivity contribution in [2.75, 3.05) is 0 Å². The minimum atomic E-state index is -1.83. The molecule has 6 heteroatoms. The normalized spacial score (nSPS) is 22.3. The van der Waals surface area contributed by atoms with E-state index < -0.39 is 8.32 Å². The van der Waals surface area contributed by atoms with Crippen molar-refractivity contribution in [3.05, 3.63) is 44.8 Å². The van der Waals surface area contributed by atoms with E-state index in [-0.39, 0.29) is 28.4 Å². The van der Waals surface area contributed by atoms with Crippen LogP contribution in [0.3, 0.4) is 0 Å². The summed E-state index contributed by atoms with van der Waals surface area (Å²) in [6.07, 6.45) is 6.43. The Bertz CT molecular complexity index is 695. The Morgan fingerprint density at radius 3 is 2.50 bits per heavy atom. The molecule has 0 aromatic carbocycles. The first-order valence-corrected chi connectivity index (χ1v) is 10.6. The van der Waals surface area contributed by atoms with Crippen molar-refractivity contribution in [3.8, 4) is 0 Å². The fourth-order valence-electron chi connectivity index (χ4n) is 2.33. The minimum Gasteiger partial charge on any atom is -0.410 e. The second-order valence-corrected chi connectivity index (χ2v) is 12.3. The molecule has 2 atom stereocenters. The van der Waals surface area contributed by atoms with Crippen molar-refractivity contribution in [1.29, 1.82) is 0 Å². The average molecular weight is 322 g/mol. The molecule has 1 heterocycles. The molecular weight excluding hydrogens is 296 g/mol. The Kier molecular flexibility index (Phi) is 4.36. The molecule has 0 fully saturated rings. The van der Waals surface area contributed by atoms with Gasteiger partial charge in [0.15, 0.2) is 8.32 Å². The minimum absolute atomic E-state index is 0.0324. The lowest BCUT2D eigenvalue weighted by Gasteiger charge is -2.38. The highest BCUT2D eigenvalue weighted by molar-refractivity contribution is 6.74. The Hall–Kier alpha value is -1.40. The monoisotopic (exact) mass is 322 g/mol. The highest BCUT2D eigenvalue weighted by atomic mass is 28.4. The van der Waals surface area contributed by atoms with Crippen LogP contribution in [0, 0.1) is 6.92 Å². The van der Waals surface area contributed by atoms with Gasteiger partial charge in [-0.2, -0.15) is 0 Å². The molecule has 5 nitrogen and oxygen atoms in total. The van der Waals surface area contributed by atoms with Gasteiger partial charge in [-0.05, 0) is 25.1 Å². The van der Waals surface area contributed by atoms with Gasteiger partial charge in [-0.3, -0.25) is 14.3 Å². The van der Waals surface area contributed by atoms with E-state index in [4.69, 9.17) is 4.43 Å². The fraction of sp³-hybridized carbons (Fsp3) is 0.625. The highest BCUT2D eigenvalue weighted by Gasteiger charge is 2.39. The molecule has 0 aliphatic heterocycles. The van der Waals surface area contributed by atoms with Gasteiger partial charge in [0.05, 0.1) is 12.1 Å². The van der Waals surface area contributed by atoms with Gasteiger partial charge >= 0.3 is 5.69 Å². The molecule has 0 saturated heterocycles. The van der Waals surface area contributed by atoms with E-state index in [0.717, 1.165) is 6.42 Å². The van der Waals surface area contributed by atoms with E-state index in [9.17, 15) is 9.59 Å². The molecule has 0 amide bonds. The van der Waals surface area contributed by atoms with Gasteiger partial charge in [0.2, 0.25) is 0 Å². The number of aryl methyl sites for hydroxylation is 1. The van der Waals surface area contributed by atoms with Crippen LogP contribution in [-0.4, -0.2) is 24.0 Å². The number of nitrogens with one attached hydrogen (secondary N) is 1. The number of aromatic amines is 1. The molecule has 22 heavy (non-hydrogen) atoms. The van der Waals surface area contributed by atoms with Crippen LogP contribution in [0.2, 0.25) is 18.1 Å². The molecule has 0 bridgehead atoms. The quantitative estimate of drug-likeness (QED) is 0.687. The number of hydrogen-bond acceptors (Lipinski definition) is 3. The summed E-state index contributed by atoms with van der Waals surface area (Å²) in [5.41, 5.74) is -0.141. The Balaban J connectivity index is 2.15. The van der Waals surface area contributed by atoms with Crippen LogP contribution >= 0.6 is 0 Å². The maximum absolute atomic E-state index is 12.0. The summed E-state index contributed by atoms with van der Waals surface area (Å²) < 4.78 is 7.96. The summed E-state index contributed by atoms with van der Waals surface area (Å²) in [5, 5.41) is 0.157. The second kappa shape index (κ2) is 5.66. The van der Waals surface area contributed by atoms with Crippen LogP contribution in [0.25, 0.3) is 0 Å². The summed E-state index contributed by atoms with van der Waals surface area (Å²) >= 11 is 0. The Morgan fingerprint density at radius 1 is 1.27 bits per heavy atom. The van der Waals surface area contributed by atoms with E-state index in [1.165, 1.54) is 0 Å². The molecule has 0 unspecified atom stereocenters. The molecule has 1 aliphatic carbocycles. The lowest BCUT2D eigenvalue weighted by Crippen LogP contribution is -2.43. The maximum atomic E-state index is 12.0. The first kappa shape index (κ1) is 17.0. The third-order valence-electron chi connectivity index (χ3n) is 4.78. The predicted octanol–water partition coefficient (Wildman–Crippen LogP) is 2.74. The van der Waals surface area contributed by atoms with Gasteiger partial charge in [-0.25, -0.2) is 4.79 Å². The number of nitrogens with zero attached hydrogens (tertiary/aromatic N) is 1. The Labute approximate surface area is 132 Å². The molecule has 0 radical (unpaired) electrons. The molecule has 1 aliphatic rings. The first-order chi connectivity index (χ1) is 10.0. The van der Waals surface area contributed by atoms with Crippen molar-refractivity contribution in [3.63, 3.8) is 0 Å². The van der Waals surface area contributed by atoms with Crippen molar-refractivity contribution in [2.45, 2.75) is 64.4 Å². The molecule has 1 N–H and O–H groups in total. The van der Waals surface area contributed by atoms with Crippen LogP contribution in [0.1, 0.15) is 38.8 Å². The second-order valence-electron chi connectivity index (χ2n) is 7.58. The number of H-pyrrole nitrogens is 1.